The van der Waals surface area contributed by atoms with Gasteiger partial charge in [-0.05, 0) is 42.2 Å². The summed E-state index contributed by atoms with van der Waals surface area (Å²) in [4.78, 5) is 4.45. The van der Waals surface area contributed by atoms with Gasteiger partial charge in [0.15, 0.2) is 0 Å². The molecular weight excluding hydrogens is 398 g/mol. The molecule has 1 atom stereocenters. The van der Waals surface area contributed by atoms with E-state index >= 15 is 0 Å². The van der Waals surface area contributed by atoms with Gasteiger partial charge in [0.05, 0.1) is 10.9 Å². The first kappa shape index (κ1) is 20.5. The summed E-state index contributed by atoms with van der Waals surface area (Å²) in [5.74, 6) is 0.598. The van der Waals surface area contributed by atoms with Crippen LogP contribution < -0.4 is 4.72 Å². The Bertz CT molecular complexity index is 1050. The Labute approximate surface area is 170 Å². The highest BCUT2D eigenvalue weighted by atomic mass is 35.5. The van der Waals surface area contributed by atoms with Crippen LogP contribution in [0.25, 0.3) is 11.4 Å². The van der Waals surface area contributed by atoms with E-state index in [9.17, 15) is 8.42 Å². The maximum absolute atomic E-state index is 12.5. The predicted octanol–water partition coefficient (Wildman–Crippen LogP) is 4.73. The summed E-state index contributed by atoms with van der Waals surface area (Å²) in [6.45, 7) is 8.07. The number of aromatic nitrogens is 2. The van der Waals surface area contributed by atoms with Crippen molar-refractivity contribution < 1.29 is 12.9 Å². The van der Waals surface area contributed by atoms with Gasteiger partial charge in [-0.2, -0.15) is 9.71 Å². The molecule has 0 radical (unpaired) electrons. The molecule has 3 rings (SSSR count). The highest BCUT2D eigenvalue weighted by Gasteiger charge is 2.23. The van der Waals surface area contributed by atoms with E-state index < -0.39 is 16.1 Å². The molecule has 1 N–H and O–H groups in total. The number of sulfonamides is 1. The van der Waals surface area contributed by atoms with Crippen molar-refractivity contribution in [3.05, 3.63) is 65.0 Å². The molecule has 0 bridgehead atoms. The van der Waals surface area contributed by atoms with Gasteiger partial charge >= 0.3 is 0 Å². The van der Waals surface area contributed by atoms with E-state index in [-0.39, 0.29) is 16.2 Å². The molecule has 0 amide bonds. The molecule has 3 aromatic rings. The van der Waals surface area contributed by atoms with Crippen molar-refractivity contribution in [3.8, 4) is 11.4 Å². The Hall–Kier alpha value is -2.22. The Morgan fingerprint density at radius 2 is 1.64 bits per heavy atom. The van der Waals surface area contributed by atoms with Crippen molar-refractivity contribution in [1.82, 2.24) is 14.9 Å². The Balaban J connectivity index is 1.77. The van der Waals surface area contributed by atoms with E-state index in [2.05, 4.69) is 35.6 Å². The van der Waals surface area contributed by atoms with Crippen LogP contribution in [-0.4, -0.2) is 18.6 Å². The van der Waals surface area contributed by atoms with Crippen LogP contribution in [0.5, 0.6) is 0 Å². The van der Waals surface area contributed by atoms with Crippen molar-refractivity contribution in [3.63, 3.8) is 0 Å². The molecule has 6 nitrogen and oxygen atoms in total. The lowest BCUT2D eigenvalue weighted by molar-refractivity contribution is 0.354. The van der Waals surface area contributed by atoms with Gasteiger partial charge in [0.25, 0.3) is 0 Å². The van der Waals surface area contributed by atoms with E-state index in [1.54, 1.807) is 6.92 Å². The molecule has 1 unspecified atom stereocenters. The molecule has 0 saturated carbocycles. The minimum Gasteiger partial charge on any atom is -0.337 e. The van der Waals surface area contributed by atoms with Gasteiger partial charge in [-0.3, -0.25) is 0 Å². The fraction of sp³-hybridized carbons (Fsp3) is 0.300. The molecule has 0 aliphatic carbocycles. The molecule has 0 spiro atoms. The van der Waals surface area contributed by atoms with Crippen LogP contribution in [-0.2, 0) is 15.4 Å². The number of nitrogens with zero attached hydrogens (tertiary/aromatic N) is 2. The Kier molecular flexibility index (Phi) is 5.61. The van der Waals surface area contributed by atoms with Crippen LogP contribution in [0, 0.1) is 0 Å². The van der Waals surface area contributed by atoms with Crippen LogP contribution in [0.2, 0.25) is 5.02 Å². The summed E-state index contributed by atoms with van der Waals surface area (Å²) in [7, 11) is -3.74. The summed E-state index contributed by atoms with van der Waals surface area (Å²) in [6.07, 6.45) is 0. The first-order valence-corrected chi connectivity index (χ1v) is 10.6. The second kappa shape index (κ2) is 7.66. The number of hydrogen-bond donors (Lipinski definition) is 1. The second-order valence-corrected chi connectivity index (χ2v) is 9.73. The lowest BCUT2D eigenvalue weighted by Gasteiger charge is -2.18. The topological polar surface area (TPSA) is 85.1 Å². The predicted molar refractivity (Wildman–Crippen MR) is 109 cm³/mol. The molecule has 1 aromatic heterocycles. The molecule has 28 heavy (non-hydrogen) atoms. The molecule has 0 aliphatic rings. The number of nitrogens with one attached hydrogen (secondary N) is 1. The third kappa shape index (κ3) is 4.60. The molecule has 0 fully saturated rings. The maximum atomic E-state index is 12.5. The summed E-state index contributed by atoms with van der Waals surface area (Å²) in [5, 5.41) is 4.44. The zero-order valence-electron chi connectivity index (χ0n) is 16.1. The summed E-state index contributed by atoms with van der Waals surface area (Å²) in [6, 6.07) is 13.1. The van der Waals surface area contributed by atoms with E-state index in [1.165, 1.54) is 29.8 Å². The summed E-state index contributed by atoms with van der Waals surface area (Å²) < 4.78 is 32.8. The fourth-order valence-electron chi connectivity index (χ4n) is 2.61. The Morgan fingerprint density at radius 3 is 2.21 bits per heavy atom. The maximum Gasteiger partial charge on any atom is 0.244 e. The zero-order valence-corrected chi connectivity index (χ0v) is 17.7. The molecule has 0 aliphatic heterocycles. The van der Waals surface area contributed by atoms with E-state index in [4.69, 9.17) is 16.1 Å². The normalized spacial score (nSPS) is 13.5. The van der Waals surface area contributed by atoms with Crippen LogP contribution in [0.3, 0.4) is 0 Å². The molecule has 8 heteroatoms. The van der Waals surface area contributed by atoms with E-state index in [1.807, 2.05) is 24.3 Å². The first-order valence-electron chi connectivity index (χ1n) is 8.79. The van der Waals surface area contributed by atoms with E-state index in [0.29, 0.717) is 10.8 Å². The molecular formula is C20H22ClN3O3S. The van der Waals surface area contributed by atoms with Crippen LogP contribution in [0.4, 0.5) is 0 Å². The second-order valence-electron chi connectivity index (χ2n) is 7.58. The lowest BCUT2D eigenvalue weighted by atomic mass is 9.87. The van der Waals surface area contributed by atoms with Crippen molar-refractivity contribution in [2.24, 2.45) is 0 Å². The van der Waals surface area contributed by atoms with Gasteiger partial charge in [-0.1, -0.05) is 61.8 Å². The van der Waals surface area contributed by atoms with Crippen LogP contribution in [0.1, 0.15) is 45.2 Å². The van der Waals surface area contributed by atoms with Crippen molar-refractivity contribution in [2.75, 3.05) is 0 Å². The third-order valence-electron chi connectivity index (χ3n) is 4.28. The number of benzene rings is 2. The van der Waals surface area contributed by atoms with Gasteiger partial charge < -0.3 is 4.52 Å². The summed E-state index contributed by atoms with van der Waals surface area (Å²) >= 11 is 5.81. The van der Waals surface area contributed by atoms with E-state index in [0.717, 1.165) is 5.56 Å². The highest BCUT2D eigenvalue weighted by molar-refractivity contribution is 7.89. The molecule has 2 aromatic carbocycles. The number of halogens is 1. The van der Waals surface area contributed by atoms with Gasteiger partial charge in [-0.15, -0.1) is 0 Å². The smallest absolute Gasteiger partial charge is 0.244 e. The standard InChI is InChI=1S/C20H22ClN3O3S/c1-13(24-28(25,26)17-11-9-16(21)10-12-17)19-22-18(23-27-19)14-5-7-15(8-6-14)20(2,3)4/h5-13,24H,1-4H3. The average Bonchev–Trinajstić information content (AvgIpc) is 3.11. The van der Waals surface area contributed by atoms with Gasteiger partial charge in [0, 0.05) is 10.6 Å². The van der Waals surface area contributed by atoms with Gasteiger partial charge in [0.2, 0.25) is 21.7 Å². The fourth-order valence-corrected chi connectivity index (χ4v) is 3.94. The quantitative estimate of drug-likeness (QED) is 0.646. The van der Waals surface area contributed by atoms with Crippen LogP contribution >= 0.6 is 11.6 Å². The molecule has 0 saturated heterocycles. The largest absolute Gasteiger partial charge is 0.337 e. The lowest BCUT2D eigenvalue weighted by Crippen LogP contribution is -2.27. The van der Waals surface area contributed by atoms with Crippen molar-refractivity contribution >= 4 is 21.6 Å². The van der Waals surface area contributed by atoms with Crippen LogP contribution in [0.15, 0.2) is 57.9 Å². The summed E-state index contributed by atoms with van der Waals surface area (Å²) in [5.41, 5.74) is 2.05. The third-order valence-corrected chi connectivity index (χ3v) is 6.09. The minimum atomic E-state index is -3.74. The minimum absolute atomic E-state index is 0.0510. The van der Waals surface area contributed by atoms with Gasteiger partial charge in [-0.25, -0.2) is 8.42 Å². The van der Waals surface area contributed by atoms with Crippen molar-refractivity contribution in [2.45, 2.75) is 44.0 Å². The zero-order chi connectivity index (χ0) is 20.5. The van der Waals surface area contributed by atoms with Gasteiger partial charge in [0.1, 0.15) is 0 Å². The Morgan fingerprint density at radius 1 is 1.04 bits per heavy atom. The monoisotopic (exact) mass is 419 g/mol. The first-order chi connectivity index (χ1) is 13.1. The average molecular weight is 420 g/mol. The van der Waals surface area contributed by atoms with Crippen molar-refractivity contribution in [1.29, 1.82) is 0 Å². The molecule has 148 valence electrons. The SMILES string of the molecule is CC(NS(=O)(=O)c1ccc(Cl)cc1)c1nc(-c2ccc(C(C)(C)C)cc2)no1. The highest BCUT2D eigenvalue weighted by Crippen LogP contribution is 2.26. The number of hydrogen-bond acceptors (Lipinski definition) is 5. The molecule has 1 heterocycles. The number of rotatable bonds is 5.